The summed E-state index contributed by atoms with van der Waals surface area (Å²) in [5.41, 5.74) is 14.8. The van der Waals surface area contributed by atoms with Crippen molar-refractivity contribution in [2.45, 2.75) is 38.6 Å². The van der Waals surface area contributed by atoms with Crippen molar-refractivity contribution in [2.24, 2.45) is 0 Å². The lowest BCUT2D eigenvalue weighted by molar-refractivity contribution is -0.139. The number of carboxylic acid groups (broad SMARTS) is 1. The first-order valence-electron chi connectivity index (χ1n) is 12.7. The van der Waals surface area contributed by atoms with Gasteiger partial charge in [-0.25, -0.2) is 14.8 Å². The Morgan fingerprint density at radius 1 is 1.05 bits per heavy atom. The zero-order valence-corrected chi connectivity index (χ0v) is 22.2. The molecule has 0 aliphatic carbocycles. The molecule has 0 saturated carbocycles. The lowest BCUT2D eigenvalue weighted by Gasteiger charge is -2.17. The van der Waals surface area contributed by atoms with E-state index in [1.165, 1.54) is 6.20 Å². The minimum absolute atomic E-state index is 0.0154. The maximum absolute atomic E-state index is 12.7. The lowest BCUT2D eigenvalue weighted by Crippen LogP contribution is -2.41. The molecule has 4 aromatic rings. The van der Waals surface area contributed by atoms with Crippen LogP contribution in [0.3, 0.4) is 0 Å². The number of nitrogen functional groups attached to an aromatic ring is 2. The zero-order valence-electron chi connectivity index (χ0n) is 22.2. The number of hydrogen-bond acceptors (Lipinski definition) is 12. The third-order valence-electron chi connectivity index (χ3n) is 6.21. The van der Waals surface area contributed by atoms with Crippen LogP contribution in [0.1, 0.15) is 46.2 Å². The third kappa shape index (κ3) is 7.52. The van der Waals surface area contributed by atoms with Gasteiger partial charge in [-0.2, -0.15) is 9.97 Å². The number of hydrogen-bond donors (Lipinski definition) is 8. The molecule has 14 nitrogen and oxygen atoms in total. The van der Waals surface area contributed by atoms with Gasteiger partial charge in [0.15, 0.2) is 17.0 Å². The summed E-state index contributed by atoms with van der Waals surface area (Å²) in [4.78, 5) is 40.9. The molecule has 0 radical (unpaired) electrons. The van der Waals surface area contributed by atoms with Crippen LogP contribution in [0.4, 0.5) is 17.5 Å². The predicted octanol–water partition coefficient (Wildman–Crippen LogP) is 1.45. The number of phenolic OH excluding ortho intramolecular Hbond substituents is 1. The molecular weight excluding hydrogens is 530 g/mol. The summed E-state index contributed by atoms with van der Waals surface area (Å²) in [5.74, 6) is -1.58. The van der Waals surface area contributed by atoms with E-state index < -0.39 is 24.1 Å². The number of aliphatic hydroxyl groups is 1. The smallest absolute Gasteiger partial charge is 0.326 e. The molecular formula is C27H31N9O5. The number of aromatic nitrogens is 4. The van der Waals surface area contributed by atoms with Gasteiger partial charge in [0, 0.05) is 16.8 Å². The van der Waals surface area contributed by atoms with Crippen LogP contribution < -0.4 is 27.4 Å². The van der Waals surface area contributed by atoms with Crippen LogP contribution in [0.2, 0.25) is 0 Å². The van der Waals surface area contributed by atoms with Crippen molar-refractivity contribution in [1.82, 2.24) is 30.6 Å². The largest absolute Gasteiger partial charge is 0.508 e. The number of nitrogens with two attached hydrogens (primary N) is 2. The molecule has 0 aliphatic rings. The number of aryl methyl sites for hydroxylation is 1. The molecule has 0 fully saturated rings. The van der Waals surface area contributed by atoms with Gasteiger partial charge in [-0.3, -0.25) is 10.1 Å². The lowest BCUT2D eigenvalue weighted by atomic mass is 10.1. The number of anilines is 3. The highest BCUT2D eigenvalue weighted by Gasteiger charge is 2.21. The number of fused-ring (bicyclic) bond motifs is 1. The number of carbonyl (C=O) groups is 2. The van der Waals surface area contributed by atoms with E-state index in [1.807, 2.05) is 6.92 Å². The fourth-order valence-electron chi connectivity index (χ4n) is 4.04. The minimum Gasteiger partial charge on any atom is -0.508 e. The Labute approximate surface area is 234 Å². The van der Waals surface area contributed by atoms with E-state index >= 15 is 0 Å². The highest BCUT2D eigenvalue weighted by atomic mass is 16.4. The summed E-state index contributed by atoms with van der Waals surface area (Å²) in [6, 6.07) is 10.3. The summed E-state index contributed by atoms with van der Waals surface area (Å²) in [5, 5.41) is 38.4. The summed E-state index contributed by atoms with van der Waals surface area (Å²) >= 11 is 0. The maximum Gasteiger partial charge on any atom is 0.326 e. The second-order valence-electron chi connectivity index (χ2n) is 9.36. The first-order chi connectivity index (χ1) is 19.6. The molecule has 214 valence electrons. The molecule has 2 aromatic heterocycles. The van der Waals surface area contributed by atoms with E-state index in [-0.39, 0.29) is 30.5 Å². The minimum atomic E-state index is -1.17. The number of nitrogens with zero attached hydrogens (tertiary/aromatic N) is 4. The van der Waals surface area contributed by atoms with Gasteiger partial charge in [-0.15, -0.1) is 0 Å². The Morgan fingerprint density at radius 3 is 2.51 bits per heavy atom. The van der Waals surface area contributed by atoms with Crippen molar-refractivity contribution >= 4 is 40.5 Å². The second kappa shape index (κ2) is 12.8. The molecule has 0 bridgehead atoms. The van der Waals surface area contributed by atoms with E-state index in [1.54, 1.807) is 42.5 Å². The van der Waals surface area contributed by atoms with Crippen LogP contribution in [0.5, 0.6) is 5.75 Å². The Kier molecular flexibility index (Phi) is 9.06. The fraction of sp³-hybridized carbons (Fsp3) is 0.259. The molecule has 4 rings (SSSR count). The molecule has 14 heteroatoms. The topological polar surface area (TPSA) is 235 Å². The van der Waals surface area contributed by atoms with Crippen LogP contribution in [-0.4, -0.2) is 59.7 Å². The van der Waals surface area contributed by atoms with Gasteiger partial charge in [-0.05, 0) is 62.2 Å². The Balaban J connectivity index is 1.26. The van der Waals surface area contributed by atoms with Crippen molar-refractivity contribution in [3.63, 3.8) is 0 Å². The van der Waals surface area contributed by atoms with Crippen molar-refractivity contribution in [3.8, 4) is 5.75 Å². The SMILES string of the molecule is Cc1ccc(C(O)NCCC[C@H](NC(=O)c2ccc(NCc3cnc4nc(N)nc(N)c4n3)cc2)C(=O)O)c(O)c1. The second-order valence-corrected chi connectivity index (χ2v) is 9.36. The summed E-state index contributed by atoms with van der Waals surface area (Å²) in [7, 11) is 0. The number of benzene rings is 2. The van der Waals surface area contributed by atoms with Crippen LogP contribution in [0, 0.1) is 6.92 Å². The number of aliphatic carboxylic acids is 1. The molecule has 0 saturated heterocycles. The molecule has 2 aromatic carbocycles. The highest BCUT2D eigenvalue weighted by molar-refractivity contribution is 5.96. The summed E-state index contributed by atoms with van der Waals surface area (Å²) in [6.07, 6.45) is 0.917. The average Bonchev–Trinajstić information content (AvgIpc) is 2.93. The van der Waals surface area contributed by atoms with Crippen LogP contribution in [0.15, 0.2) is 48.7 Å². The van der Waals surface area contributed by atoms with Crippen molar-refractivity contribution in [3.05, 3.63) is 71.0 Å². The molecule has 1 unspecified atom stereocenters. The quantitative estimate of drug-likeness (QED) is 0.0904. The van der Waals surface area contributed by atoms with Crippen molar-refractivity contribution < 1.29 is 24.9 Å². The number of carbonyl (C=O) groups excluding carboxylic acids is 1. The number of rotatable bonds is 12. The number of nitrogens with one attached hydrogen (secondary N) is 3. The van der Waals surface area contributed by atoms with E-state index in [2.05, 4.69) is 35.9 Å². The van der Waals surface area contributed by atoms with Crippen molar-refractivity contribution in [1.29, 1.82) is 0 Å². The number of amides is 1. The predicted molar refractivity (Wildman–Crippen MR) is 152 cm³/mol. The zero-order chi connectivity index (χ0) is 29.5. The van der Waals surface area contributed by atoms with Gasteiger partial charge in [0.25, 0.3) is 5.91 Å². The maximum atomic E-state index is 12.7. The number of aromatic hydroxyl groups is 1. The Hall–Kier alpha value is -5.08. The average molecular weight is 562 g/mol. The molecule has 0 spiro atoms. The molecule has 2 atom stereocenters. The molecule has 0 aliphatic heterocycles. The van der Waals surface area contributed by atoms with Gasteiger partial charge in [0.05, 0.1) is 18.4 Å². The highest BCUT2D eigenvalue weighted by Crippen LogP contribution is 2.23. The summed E-state index contributed by atoms with van der Waals surface area (Å²) < 4.78 is 0. The summed E-state index contributed by atoms with van der Waals surface area (Å²) in [6.45, 7) is 2.40. The number of carboxylic acids is 1. The van der Waals surface area contributed by atoms with E-state index in [9.17, 15) is 24.9 Å². The number of phenols is 1. The molecule has 10 N–H and O–H groups in total. The fourth-order valence-corrected chi connectivity index (χ4v) is 4.04. The first-order valence-corrected chi connectivity index (χ1v) is 12.7. The van der Waals surface area contributed by atoms with Gasteiger partial charge in [-0.1, -0.05) is 12.1 Å². The van der Waals surface area contributed by atoms with Crippen LogP contribution in [0.25, 0.3) is 11.2 Å². The van der Waals surface area contributed by atoms with E-state index in [0.29, 0.717) is 46.6 Å². The third-order valence-corrected chi connectivity index (χ3v) is 6.21. The molecule has 2 heterocycles. The Morgan fingerprint density at radius 2 is 1.80 bits per heavy atom. The standard InChI is InChI=1S/C27H31N9O5/c1-14-4-9-18(20(37)11-14)25(39)30-10-2-3-19(26(40)41)34-24(38)15-5-7-16(8-6-15)31-12-17-13-32-23-21(33-17)22(28)35-27(29)36-23/h4-9,11,13,19,25,30-31,37,39H,2-3,10,12H2,1H3,(H,34,38)(H,40,41)(H4,28,29,32,35,36)/t19-,25?/m0/s1. The van der Waals surface area contributed by atoms with Crippen LogP contribution >= 0.6 is 0 Å². The monoisotopic (exact) mass is 561 g/mol. The normalized spacial score (nSPS) is 12.5. The van der Waals surface area contributed by atoms with Crippen molar-refractivity contribution in [2.75, 3.05) is 23.3 Å². The van der Waals surface area contributed by atoms with Crippen LogP contribution in [-0.2, 0) is 11.3 Å². The number of aliphatic hydroxyl groups excluding tert-OH is 1. The van der Waals surface area contributed by atoms with E-state index in [4.69, 9.17) is 11.5 Å². The van der Waals surface area contributed by atoms with Gasteiger partial charge in [0.1, 0.15) is 18.0 Å². The molecule has 1 amide bonds. The van der Waals surface area contributed by atoms with Gasteiger partial charge in [0.2, 0.25) is 5.95 Å². The van der Waals surface area contributed by atoms with Gasteiger partial charge < -0.3 is 37.4 Å². The first kappa shape index (κ1) is 28.9. The molecule has 41 heavy (non-hydrogen) atoms. The Bertz CT molecular complexity index is 1550. The van der Waals surface area contributed by atoms with E-state index in [0.717, 1.165) is 5.56 Å². The van der Waals surface area contributed by atoms with Gasteiger partial charge >= 0.3 is 5.97 Å².